The van der Waals surface area contributed by atoms with Gasteiger partial charge in [0.2, 0.25) is 5.82 Å². The number of hydrogen-bond donors (Lipinski definition) is 1. The number of benzene rings is 1. The highest BCUT2D eigenvalue weighted by atomic mass is 35.5. The Morgan fingerprint density at radius 3 is 2.84 bits per heavy atom. The smallest absolute Gasteiger partial charge is 0.260 e. The molecule has 6 heteroatoms. The topological polar surface area (TPSA) is 64.9 Å². The number of aromatic nitrogens is 2. The van der Waals surface area contributed by atoms with Crippen molar-refractivity contribution in [1.82, 2.24) is 10.1 Å². The van der Waals surface area contributed by atoms with Crippen LogP contribution >= 0.6 is 22.9 Å². The Hall–Kier alpha value is -1.85. The Morgan fingerprint density at radius 1 is 1.26 bits per heavy atom. The lowest BCUT2D eigenvalue weighted by molar-refractivity contribution is 0.432. The molecule has 4 nitrogen and oxygen atoms in total. The molecule has 0 aliphatic carbocycles. The first-order chi connectivity index (χ1) is 9.15. The summed E-state index contributed by atoms with van der Waals surface area (Å²) in [6.07, 6.45) is 0. The SMILES string of the molecule is Cc1cscc1-c1noc(-c2cc(Cl)ccc2N)n1. The fourth-order valence-corrected chi connectivity index (χ4v) is 2.74. The first-order valence-corrected chi connectivity index (χ1v) is 6.89. The summed E-state index contributed by atoms with van der Waals surface area (Å²) in [5.41, 5.74) is 9.20. The molecular weight excluding hydrogens is 282 g/mol. The zero-order valence-electron chi connectivity index (χ0n) is 10.1. The van der Waals surface area contributed by atoms with E-state index in [4.69, 9.17) is 21.9 Å². The van der Waals surface area contributed by atoms with Crippen LogP contribution in [0.1, 0.15) is 5.56 Å². The van der Waals surface area contributed by atoms with Gasteiger partial charge in [-0.1, -0.05) is 16.8 Å². The van der Waals surface area contributed by atoms with Crippen LogP contribution in [0.15, 0.2) is 33.5 Å². The molecule has 0 unspecified atom stereocenters. The van der Waals surface area contributed by atoms with Gasteiger partial charge >= 0.3 is 0 Å². The van der Waals surface area contributed by atoms with Crippen molar-refractivity contribution in [1.29, 1.82) is 0 Å². The Kier molecular flexibility index (Phi) is 3.00. The maximum atomic E-state index is 5.95. The lowest BCUT2D eigenvalue weighted by Gasteiger charge is -2.00. The highest BCUT2D eigenvalue weighted by molar-refractivity contribution is 7.08. The molecule has 3 aromatic rings. The second-order valence-corrected chi connectivity index (χ2v) is 5.30. The van der Waals surface area contributed by atoms with Crippen molar-refractivity contribution in [2.45, 2.75) is 6.92 Å². The second-order valence-electron chi connectivity index (χ2n) is 4.12. The number of aryl methyl sites for hydroxylation is 1. The lowest BCUT2D eigenvalue weighted by atomic mass is 10.2. The number of halogens is 1. The van der Waals surface area contributed by atoms with Crippen LogP contribution < -0.4 is 5.73 Å². The van der Waals surface area contributed by atoms with Crippen molar-refractivity contribution in [3.05, 3.63) is 39.5 Å². The van der Waals surface area contributed by atoms with Crippen LogP contribution in [0, 0.1) is 6.92 Å². The van der Waals surface area contributed by atoms with Crippen molar-refractivity contribution in [2.75, 3.05) is 5.73 Å². The highest BCUT2D eigenvalue weighted by Gasteiger charge is 2.15. The zero-order chi connectivity index (χ0) is 13.4. The van der Waals surface area contributed by atoms with Crippen molar-refractivity contribution in [3.63, 3.8) is 0 Å². The van der Waals surface area contributed by atoms with Crippen molar-refractivity contribution < 1.29 is 4.52 Å². The van der Waals surface area contributed by atoms with Crippen molar-refractivity contribution in [3.8, 4) is 22.8 Å². The fraction of sp³-hybridized carbons (Fsp3) is 0.0769. The molecule has 0 aliphatic heterocycles. The van der Waals surface area contributed by atoms with Gasteiger partial charge in [-0.2, -0.15) is 16.3 Å². The van der Waals surface area contributed by atoms with Gasteiger partial charge in [-0.15, -0.1) is 0 Å². The van der Waals surface area contributed by atoms with Crippen molar-refractivity contribution >= 4 is 28.6 Å². The average molecular weight is 292 g/mol. The van der Waals surface area contributed by atoms with Gasteiger partial charge in [0.15, 0.2) is 0 Å². The Labute approximate surface area is 118 Å². The lowest BCUT2D eigenvalue weighted by Crippen LogP contribution is -1.90. The predicted octanol–water partition coefficient (Wildman–Crippen LogP) is 4.01. The molecule has 0 aliphatic rings. The van der Waals surface area contributed by atoms with E-state index in [2.05, 4.69) is 10.1 Å². The third-order valence-electron chi connectivity index (χ3n) is 2.77. The summed E-state index contributed by atoms with van der Waals surface area (Å²) >= 11 is 7.56. The van der Waals surface area contributed by atoms with Crippen molar-refractivity contribution in [2.24, 2.45) is 0 Å². The molecule has 96 valence electrons. The summed E-state index contributed by atoms with van der Waals surface area (Å²) in [7, 11) is 0. The third-order valence-corrected chi connectivity index (χ3v) is 3.86. The minimum Gasteiger partial charge on any atom is -0.398 e. The normalized spacial score (nSPS) is 10.8. The summed E-state index contributed by atoms with van der Waals surface area (Å²) < 4.78 is 5.27. The van der Waals surface area contributed by atoms with Gasteiger partial charge in [0.05, 0.1) is 5.56 Å². The molecule has 1 aromatic carbocycles. The van der Waals surface area contributed by atoms with Gasteiger partial charge in [0, 0.05) is 21.7 Å². The second kappa shape index (κ2) is 4.68. The number of rotatable bonds is 2. The summed E-state index contributed by atoms with van der Waals surface area (Å²) in [5.74, 6) is 0.939. The Balaban J connectivity index is 2.06. The van der Waals surface area contributed by atoms with Gasteiger partial charge < -0.3 is 10.3 Å². The van der Waals surface area contributed by atoms with E-state index in [1.807, 2.05) is 17.7 Å². The number of nitrogens with zero attached hydrogens (tertiary/aromatic N) is 2. The number of thiophene rings is 1. The monoisotopic (exact) mass is 291 g/mol. The van der Waals surface area contributed by atoms with E-state index in [-0.39, 0.29) is 0 Å². The predicted molar refractivity (Wildman–Crippen MR) is 77.2 cm³/mol. The van der Waals surface area contributed by atoms with Gasteiger partial charge in [-0.05, 0) is 36.1 Å². The molecule has 0 radical (unpaired) electrons. The van der Waals surface area contributed by atoms with Crippen LogP contribution in [0.4, 0.5) is 5.69 Å². The molecule has 19 heavy (non-hydrogen) atoms. The van der Waals surface area contributed by atoms with E-state index in [0.717, 1.165) is 11.1 Å². The standard InChI is InChI=1S/C13H10ClN3OS/c1-7-5-19-6-10(7)12-16-13(18-17-12)9-4-8(14)2-3-11(9)15/h2-6H,15H2,1H3. The molecular formula is C13H10ClN3OS. The van der Waals surface area contributed by atoms with Crippen LogP contribution in [0.5, 0.6) is 0 Å². The molecule has 2 heterocycles. The van der Waals surface area contributed by atoms with E-state index in [0.29, 0.717) is 28.0 Å². The van der Waals surface area contributed by atoms with Crippen LogP contribution in [0.2, 0.25) is 5.02 Å². The number of nitrogens with two attached hydrogens (primary N) is 1. The Bertz CT molecular complexity index is 735. The summed E-state index contributed by atoms with van der Waals surface area (Å²) in [6.45, 7) is 2.01. The molecule has 0 spiro atoms. The van der Waals surface area contributed by atoms with Crippen LogP contribution in [-0.2, 0) is 0 Å². The molecule has 0 saturated heterocycles. The van der Waals surface area contributed by atoms with Gasteiger partial charge in [-0.3, -0.25) is 0 Å². The molecule has 2 aromatic heterocycles. The fourth-order valence-electron chi connectivity index (χ4n) is 1.75. The van der Waals surface area contributed by atoms with E-state index in [1.54, 1.807) is 29.5 Å². The summed E-state index contributed by atoms with van der Waals surface area (Å²) in [5, 5.41) is 8.60. The summed E-state index contributed by atoms with van der Waals surface area (Å²) in [4.78, 5) is 4.38. The van der Waals surface area contributed by atoms with Crippen LogP contribution in [0.25, 0.3) is 22.8 Å². The first-order valence-electron chi connectivity index (χ1n) is 5.57. The molecule has 0 fully saturated rings. The summed E-state index contributed by atoms with van der Waals surface area (Å²) in [6, 6.07) is 5.16. The number of nitrogen functional groups attached to an aromatic ring is 1. The molecule has 0 amide bonds. The minimum atomic E-state index is 0.376. The molecule has 0 atom stereocenters. The van der Waals surface area contributed by atoms with Gasteiger partial charge in [0.25, 0.3) is 5.89 Å². The quantitative estimate of drug-likeness (QED) is 0.725. The van der Waals surface area contributed by atoms with E-state index < -0.39 is 0 Å². The molecule has 2 N–H and O–H groups in total. The van der Waals surface area contributed by atoms with E-state index in [1.165, 1.54) is 0 Å². The van der Waals surface area contributed by atoms with Gasteiger partial charge in [-0.25, -0.2) is 0 Å². The number of hydrogen-bond acceptors (Lipinski definition) is 5. The van der Waals surface area contributed by atoms with Crippen LogP contribution in [0.3, 0.4) is 0 Å². The largest absolute Gasteiger partial charge is 0.398 e. The average Bonchev–Trinajstić information content (AvgIpc) is 3.00. The zero-order valence-corrected chi connectivity index (χ0v) is 11.6. The maximum absolute atomic E-state index is 5.95. The maximum Gasteiger partial charge on any atom is 0.260 e. The first kappa shape index (κ1) is 12.2. The minimum absolute atomic E-state index is 0.376. The molecule has 3 rings (SSSR count). The highest BCUT2D eigenvalue weighted by Crippen LogP contribution is 2.30. The molecule has 0 bridgehead atoms. The van der Waals surface area contributed by atoms with E-state index >= 15 is 0 Å². The molecule has 0 saturated carbocycles. The third kappa shape index (κ3) is 2.22. The number of anilines is 1. The van der Waals surface area contributed by atoms with E-state index in [9.17, 15) is 0 Å². The Morgan fingerprint density at radius 2 is 2.11 bits per heavy atom. The van der Waals surface area contributed by atoms with Gasteiger partial charge in [0.1, 0.15) is 0 Å². The van der Waals surface area contributed by atoms with Crippen LogP contribution in [-0.4, -0.2) is 10.1 Å².